The van der Waals surface area contributed by atoms with Crippen molar-refractivity contribution >= 4 is 23.8 Å². The monoisotopic (exact) mass is 394 g/mol. The van der Waals surface area contributed by atoms with Crippen LogP contribution >= 0.6 is 0 Å². The fourth-order valence-corrected chi connectivity index (χ4v) is 3.08. The van der Waals surface area contributed by atoms with Crippen molar-refractivity contribution in [1.82, 2.24) is 25.5 Å². The molecule has 0 amide bonds. The highest BCUT2D eigenvalue weighted by Gasteiger charge is 2.16. The van der Waals surface area contributed by atoms with Crippen molar-refractivity contribution < 1.29 is 9.13 Å². The molecule has 150 valence electrons. The second-order valence-electron chi connectivity index (χ2n) is 6.96. The molecular weight excluding hydrogens is 371 g/mol. The maximum absolute atomic E-state index is 13.1. The fourth-order valence-electron chi connectivity index (χ4n) is 3.08. The van der Waals surface area contributed by atoms with Crippen molar-refractivity contribution in [2.24, 2.45) is 0 Å². The Hall–Kier alpha value is -3.26. The van der Waals surface area contributed by atoms with Crippen LogP contribution in [0.5, 0.6) is 5.88 Å². The lowest BCUT2D eigenvalue weighted by atomic mass is 10.1. The number of aromatic nitrogens is 4. The van der Waals surface area contributed by atoms with Gasteiger partial charge in [-0.2, -0.15) is 10.1 Å². The van der Waals surface area contributed by atoms with Crippen molar-refractivity contribution in [2.75, 3.05) is 18.4 Å². The summed E-state index contributed by atoms with van der Waals surface area (Å²) < 4.78 is 19.2. The standard InChI is InChI=1S/C21H23FN6O/c1-14-12-20(28-27-14)25-19-13-21(29-17-8-10-23-11-9-17)26-18(24-19)7-4-15-2-5-16(22)6-3-15/h2-7,12-13,17,23H,8-11H2,1H3,(H2,24,25,26,27,28). The maximum atomic E-state index is 13.1. The van der Waals surface area contributed by atoms with Crippen LogP contribution in [0.3, 0.4) is 0 Å². The predicted octanol–water partition coefficient (Wildman–Crippen LogP) is 3.69. The SMILES string of the molecule is Cc1cc(Nc2cc(OC3CCNCC3)nc(C=Cc3ccc(F)cc3)n2)n[nH]1. The molecule has 2 aromatic heterocycles. The van der Waals surface area contributed by atoms with Gasteiger partial charge in [-0.05, 0) is 56.6 Å². The van der Waals surface area contributed by atoms with Gasteiger partial charge in [0.2, 0.25) is 5.88 Å². The van der Waals surface area contributed by atoms with Crippen molar-refractivity contribution in [2.45, 2.75) is 25.9 Å². The van der Waals surface area contributed by atoms with E-state index in [4.69, 9.17) is 4.74 Å². The lowest BCUT2D eigenvalue weighted by molar-refractivity contribution is 0.155. The Balaban J connectivity index is 1.58. The van der Waals surface area contributed by atoms with E-state index in [1.807, 2.05) is 19.1 Å². The highest BCUT2D eigenvalue weighted by molar-refractivity contribution is 5.67. The first kappa shape index (κ1) is 19.1. The molecule has 0 radical (unpaired) electrons. The average Bonchev–Trinajstić information content (AvgIpc) is 3.13. The van der Waals surface area contributed by atoms with Crippen molar-refractivity contribution in [1.29, 1.82) is 0 Å². The van der Waals surface area contributed by atoms with Gasteiger partial charge in [0.15, 0.2) is 11.6 Å². The summed E-state index contributed by atoms with van der Waals surface area (Å²) in [6.45, 7) is 3.80. The molecule has 8 heteroatoms. The quantitative estimate of drug-likeness (QED) is 0.591. The molecule has 4 rings (SSSR count). The number of rotatable bonds is 6. The third-order valence-electron chi connectivity index (χ3n) is 4.55. The fraction of sp³-hybridized carbons (Fsp3) is 0.286. The van der Waals surface area contributed by atoms with Crippen molar-refractivity contribution in [3.05, 3.63) is 59.3 Å². The van der Waals surface area contributed by atoms with Crippen LogP contribution in [0.4, 0.5) is 16.0 Å². The molecule has 1 aliphatic rings. The summed E-state index contributed by atoms with van der Waals surface area (Å²) >= 11 is 0. The largest absolute Gasteiger partial charge is 0.474 e. The van der Waals surface area contributed by atoms with Crippen LogP contribution in [-0.4, -0.2) is 39.4 Å². The molecule has 3 heterocycles. The van der Waals surface area contributed by atoms with Gasteiger partial charge < -0.3 is 15.4 Å². The number of piperidine rings is 1. The van der Waals surface area contributed by atoms with E-state index >= 15 is 0 Å². The van der Waals surface area contributed by atoms with Gasteiger partial charge in [-0.1, -0.05) is 18.2 Å². The van der Waals surface area contributed by atoms with E-state index in [-0.39, 0.29) is 11.9 Å². The number of nitrogens with one attached hydrogen (secondary N) is 3. The summed E-state index contributed by atoms with van der Waals surface area (Å²) in [5, 5.41) is 13.6. The highest BCUT2D eigenvalue weighted by Crippen LogP contribution is 2.21. The lowest BCUT2D eigenvalue weighted by Crippen LogP contribution is -2.34. The number of aryl methyl sites for hydroxylation is 1. The van der Waals surface area contributed by atoms with Gasteiger partial charge in [0.05, 0.1) is 0 Å². The molecule has 3 N–H and O–H groups in total. The van der Waals surface area contributed by atoms with Crippen LogP contribution in [0.25, 0.3) is 12.2 Å². The summed E-state index contributed by atoms with van der Waals surface area (Å²) in [4.78, 5) is 9.06. The number of nitrogens with zero attached hydrogens (tertiary/aromatic N) is 3. The van der Waals surface area contributed by atoms with Gasteiger partial charge in [-0.15, -0.1) is 0 Å². The van der Waals surface area contributed by atoms with Crippen LogP contribution < -0.4 is 15.4 Å². The van der Waals surface area contributed by atoms with Gasteiger partial charge in [-0.3, -0.25) is 5.10 Å². The number of anilines is 2. The number of hydrogen-bond acceptors (Lipinski definition) is 6. The van der Waals surface area contributed by atoms with Crippen molar-refractivity contribution in [3.63, 3.8) is 0 Å². The van der Waals surface area contributed by atoms with Crippen LogP contribution in [0.1, 0.15) is 29.9 Å². The number of ether oxygens (including phenoxy) is 1. The van der Waals surface area contributed by atoms with Crippen LogP contribution in [0, 0.1) is 12.7 Å². The first-order valence-electron chi connectivity index (χ1n) is 9.63. The average molecular weight is 394 g/mol. The van der Waals surface area contributed by atoms with Crippen LogP contribution in [0.2, 0.25) is 0 Å². The highest BCUT2D eigenvalue weighted by atomic mass is 19.1. The van der Waals surface area contributed by atoms with E-state index in [0.717, 1.165) is 37.2 Å². The molecule has 1 aliphatic heterocycles. The Kier molecular flexibility index (Phi) is 5.81. The molecule has 0 aliphatic carbocycles. The zero-order valence-corrected chi connectivity index (χ0v) is 16.2. The Bertz CT molecular complexity index is 979. The lowest BCUT2D eigenvalue weighted by Gasteiger charge is -2.23. The molecule has 7 nitrogen and oxygen atoms in total. The van der Waals surface area contributed by atoms with E-state index in [0.29, 0.717) is 23.3 Å². The minimum absolute atomic E-state index is 0.126. The molecule has 29 heavy (non-hydrogen) atoms. The second-order valence-corrected chi connectivity index (χ2v) is 6.96. The van der Waals surface area contributed by atoms with Crippen LogP contribution in [0.15, 0.2) is 36.4 Å². The number of H-pyrrole nitrogens is 1. The summed E-state index contributed by atoms with van der Waals surface area (Å²) in [5.41, 5.74) is 1.81. The van der Waals surface area contributed by atoms with Gasteiger partial charge in [0.25, 0.3) is 0 Å². The number of halogens is 1. The Morgan fingerprint density at radius 3 is 2.59 bits per heavy atom. The molecule has 3 aromatic rings. The first-order valence-corrected chi connectivity index (χ1v) is 9.63. The van der Waals surface area contributed by atoms with E-state index in [2.05, 4.69) is 30.8 Å². The first-order chi connectivity index (χ1) is 14.1. The molecule has 1 fully saturated rings. The third kappa shape index (κ3) is 5.39. The van der Waals surface area contributed by atoms with Gasteiger partial charge >= 0.3 is 0 Å². The molecule has 1 saturated heterocycles. The zero-order valence-electron chi connectivity index (χ0n) is 16.2. The van der Waals surface area contributed by atoms with E-state index < -0.39 is 0 Å². The molecule has 0 atom stereocenters. The summed E-state index contributed by atoms with van der Waals surface area (Å²) in [6, 6.07) is 9.92. The third-order valence-corrected chi connectivity index (χ3v) is 4.55. The Morgan fingerprint density at radius 1 is 1.07 bits per heavy atom. The molecule has 1 aromatic carbocycles. The molecule has 0 bridgehead atoms. The van der Waals surface area contributed by atoms with Gasteiger partial charge in [0.1, 0.15) is 17.7 Å². The summed E-state index contributed by atoms with van der Waals surface area (Å²) in [5.74, 6) is 2.00. The smallest absolute Gasteiger partial charge is 0.219 e. The minimum Gasteiger partial charge on any atom is -0.474 e. The van der Waals surface area contributed by atoms with Gasteiger partial charge in [-0.25, -0.2) is 9.37 Å². The van der Waals surface area contributed by atoms with E-state index in [9.17, 15) is 4.39 Å². The molecule has 0 unspecified atom stereocenters. The molecule has 0 saturated carbocycles. The van der Waals surface area contributed by atoms with Gasteiger partial charge in [0, 0.05) is 17.8 Å². The van der Waals surface area contributed by atoms with E-state index in [1.54, 1.807) is 24.3 Å². The minimum atomic E-state index is -0.267. The Morgan fingerprint density at radius 2 is 1.86 bits per heavy atom. The topological polar surface area (TPSA) is 87.8 Å². The maximum Gasteiger partial charge on any atom is 0.219 e. The second kappa shape index (κ2) is 8.83. The number of aromatic amines is 1. The predicted molar refractivity (Wildman–Crippen MR) is 110 cm³/mol. The van der Waals surface area contributed by atoms with Crippen LogP contribution in [-0.2, 0) is 0 Å². The Labute approximate surface area is 168 Å². The normalized spacial score (nSPS) is 15.0. The molecule has 0 spiro atoms. The number of benzene rings is 1. The summed E-state index contributed by atoms with van der Waals surface area (Å²) in [7, 11) is 0. The van der Waals surface area contributed by atoms with E-state index in [1.165, 1.54) is 12.1 Å². The zero-order chi connectivity index (χ0) is 20.1. The van der Waals surface area contributed by atoms with Crippen molar-refractivity contribution in [3.8, 4) is 5.88 Å². The summed E-state index contributed by atoms with van der Waals surface area (Å²) in [6.07, 6.45) is 5.62. The number of hydrogen-bond donors (Lipinski definition) is 3. The molecular formula is C21H23FN6O.